The van der Waals surface area contributed by atoms with E-state index in [0.717, 1.165) is 22.2 Å². The number of phenolic OH excluding ortho intramolecular Hbond substituents is 1. The van der Waals surface area contributed by atoms with E-state index in [4.69, 9.17) is 11.6 Å². The second-order valence-corrected chi connectivity index (χ2v) is 5.90. The summed E-state index contributed by atoms with van der Waals surface area (Å²) < 4.78 is 0.742. The number of nitrogens with zero attached hydrogens (tertiary/aromatic N) is 2. The number of aromatic nitrogens is 2. The maximum atomic E-state index is 9.52. The zero-order chi connectivity index (χ0) is 14.0. The number of benzene rings is 1. The van der Waals surface area contributed by atoms with Crippen LogP contribution in [0.1, 0.15) is 19.5 Å². The molecule has 2 rings (SSSR count). The third-order valence-corrected chi connectivity index (χ3v) is 3.92. The predicted molar refractivity (Wildman–Crippen MR) is 80.4 cm³/mol. The molecule has 1 N–H and O–H groups in total. The minimum Gasteiger partial charge on any atom is -0.508 e. The lowest BCUT2D eigenvalue weighted by Gasteiger charge is -2.10. The SMILES string of the molecule is CC(C)Cc1nc(-c2cccc(O)c2)nc(Cl)c1Br. The van der Waals surface area contributed by atoms with Crippen LogP contribution in [0.4, 0.5) is 0 Å². The Morgan fingerprint density at radius 2 is 2.05 bits per heavy atom. The van der Waals surface area contributed by atoms with Crippen molar-refractivity contribution in [3.05, 3.63) is 39.6 Å². The quantitative estimate of drug-likeness (QED) is 0.838. The highest BCUT2D eigenvalue weighted by Gasteiger charge is 2.13. The Labute approximate surface area is 125 Å². The standard InChI is InChI=1S/C14H14BrClN2O/c1-8(2)6-11-12(15)13(16)18-14(17-11)9-4-3-5-10(19)7-9/h3-5,7-8,19H,6H2,1-2H3. The van der Waals surface area contributed by atoms with Gasteiger partial charge in [-0.15, -0.1) is 0 Å². The van der Waals surface area contributed by atoms with Gasteiger partial charge in [0, 0.05) is 5.56 Å². The first-order valence-corrected chi connectivity index (χ1v) is 7.15. The lowest BCUT2D eigenvalue weighted by Crippen LogP contribution is -2.02. The molecule has 1 heterocycles. The maximum Gasteiger partial charge on any atom is 0.161 e. The Balaban J connectivity index is 2.50. The van der Waals surface area contributed by atoms with Crippen LogP contribution in [0, 0.1) is 5.92 Å². The van der Waals surface area contributed by atoms with Gasteiger partial charge in [-0.05, 0) is 40.4 Å². The molecule has 0 amide bonds. The summed E-state index contributed by atoms with van der Waals surface area (Å²) in [5.74, 6) is 1.18. The second-order valence-electron chi connectivity index (χ2n) is 4.75. The fraction of sp³-hybridized carbons (Fsp3) is 0.286. The van der Waals surface area contributed by atoms with Crippen LogP contribution < -0.4 is 0 Å². The van der Waals surface area contributed by atoms with Crippen LogP contribution in [0.2, 0.25) is 5.15 Å². The molecule has 0 aliphatic rings. The van der Waals surface area contributed by atoms with Gasteiger partial charge < -0.3 is 5.11 Å². The second kappa shape index (κ2) is 5.88. The monoisotopic (exact) mass is 340 g/mol. The predicted octanol–water partition coefficient (Wildman–Crippen LogP) is 4.46. The molecule has 0 radical (unpaired) electrons. The van der Waals surface area contributed by atoms with Crippen LogP contribution in [-0.4, -0.2) is 15.1 Å². The highest BCUT2D eigenvalue weighted by molar-refractivity contribution is 9.10. The summed E-state index contributed by atoms with van der Waals surface area (Å²) in [6.45, 7) is 4.24. The molecule has 0 spiro atoms. The van der Waals surface area contributed by atoms with Crippen molar-refractivity contribution in [2.45, 2.75) is 20.3 Å². The summed E-state index contributed by atoms with van der Waals surface area (Å²) in [5, 5.41) is 9.91. The van der Waals surface area contributed by atoms with Gasteiger partial charge in [-0.1, -0.05) is 37.6 Å². The van der Waals surface area contributed by atoms with Crippen molar-refractivity contribution in [3.63, 3.8) is 0 Å². The van der Waals surface area contributed by atoms with E-state index in [-0.39, 0.29) is 5.75 Å². The van der Waals surface area contributed by atoms with Crippen molar-refractivity contribution < 1.29 is 5.11 Å². The van der Waals surface area contributed by atoms with Crippen molar-refractivity contribution in [2.24, 2.45) is 5.92 Å². The van der Waals surface area contributed by atoms with Crippen LogP contribution in [0.15, 0.2) is 28.7 Å². The number of rotatable bonds is 3. The molecule has 0 bridgehead atoms. The highest BCUT2D eigenvalue weighted by atomic mass is 79.9. The van der Waals surface area contributed by atoms with Crippen LogP contribution in [0.25, 0.3) is 11.4 Å². The van der Waals surface area contributed by atoms with Gasteiger partial charge in [-0.3, -0.25) is 0 Å². The summed E-state index contributed by atoms with van der Waals surface area (Å²) in [4.78, 5) is 8.78. The van der Waals surface area contributed by atoms with E-state index in [0.29, 0.717) is 16.9 Å². The first-order chi connectivity index (χ1) is 8.97. The van der Waals surface area contributed by atoms with E-state index in [2.05, 4.69) is 39.7 Å². The summed E-state index contributed by atoms with van der Waals surface area (Å²) >= 11 is 9.56. The number of hydrogen-bond acceptors (Lipinski definition) is 3. The molecule has 0 atom stereocenters. The molecule has 1 aromatic carbocycles. The summed E-state index contributed by atoms with van der Waals surface area (Å²) in [6, 6.07) is 6.84. The number of aromatic hydroxyl groups is 1. The third-order valence-electron chi connectivity index (χ3n) is 2.59. The lowest BCUT2D eigenvalue weighted by atomic mass is 10.1. The average molecular weight is 342 g/mol. The van der Waals surface area contributed by atoms with Gasteiger partial charge in [0.2, 0.25) is 0 Å². The molecular weight excluding hydrogens is 328 g/mol. The first-order valence-electron chi connectivity index (χ1n) is 5.98. The Morgan fingerprint density at radius 3 is 2.68 bits per heavy atom. The Hall–Kier alpha value is -1.13. The van der Waals surface area contributed by atoms with Crippen LogP contribution in [0.5, 0.6) is 5.75 Å². The number of hydrogen-bond donors (Lipinski definition) is 1. The van der Waals surface area contributed by atoms with Crippen molar-refractivity contribution in [3.8, 4) is 17.1 Å². The van der Waals surface area contributed by atoms with Gasteiger partial charge in [-0.25, -0.2) is 9.97 Å². The summed E-state index contributed by atoms with van der Waals surface area (Å²) in [6.07, 6.45) is 0.814. The van der Waals surface area contributed by atoms with Gasteiger partial charge in [-0.2, -0.15) is 0 Å². The summed E-state index contributed by atoms with van der Waals surface area (Å²) in [5.41, 5.74) is 1.63. The minimum absolute atomic E-state index is 0.186. The maximum absolute atomic E-state index is 9.52. The van der Waals surface area contributed by atoms with Crippen LogP contribution in [0.3, 0.4) is 0 Å². The molecule has 2 aromatic rings. The van der Waals surface area contributed by atoms with Gasteiger partial charge in [0.05, 0.1) is 10.2 Å². The normalized spacial score (nSPS) is 11.0. The Kier molecular flexibility index (Phi) is 4.42. The largest absolute Gasteiger partial charge is 0.508 e. The highest BCUT2D eigenvalue weighted by Crippen LogP contribution is 2.29. The van der Waals surface area contributed by atoms with Gasteiger partial charge in [0.1, 0.15) is 10.9 Å². The molecule has 0 aliphatic carbocycles. The van der Waals surface area contributed by atoms with Crippen molar-refractivity contribution in [1.29, 1.82) is 0 Å². The molecule has 3 nitrogen and oxygen atoms in total. The van der Waals surface area contributed by atoms with Gasteiger partial charge >= 0.3 is 0 Å². The average Bonchev–Trinajstić information content (AvgIpc) is 2.34. The number of phenols is 1. The molecule has 1 aromatic heterocycles. The molecule has 0 unspecified atom stereocenters. The fourth-order valence-corrected chi connectivity index (χ4v) is 2.29. The molecule has 0 saturated carbocycles. The smallest absolute Gasteiger partial charge is 0.161 e. The molecule has 19 heavy (non-hydrogen) atoms. The van der Waals surface area contributed by atoms with Crippen molar-refractivity contribution in [1.82, 2.24) is 9.97 Å². The van der Waals surface area contributed by atoms with Crippen LogP contribution in [-0.2, 0) is 6.42 Å². The minimum atomic E-state index is 0.186. The lowest BCUT2D eigenvalue weighted by molar-refractivity contribution is 0.475. The first kappa shape index (κ1) is 14.3. The Bertz CT molecular complexity index is 602. The summed E-state index contributed by atoms with van der Waals surface area (Å²) in [7, 11) is 0. The van der Waals surface area contributed by atoms with Crippen LogP contribution >= 0.6 is 27.5 Å². The molecule has 0 fully saturated rings. The molecular formula is C14H14BrClN2O. The zero-order valence-corrected chi connectivity index (χ0v) is 13.0. The molecule has 0 saturated heterocycles. The van der Waals surface area contributed by atoms with Gasteiger partial charge in [0.15, 0.2) is 5.82 Å². The van der Waals surface area contributed by atoms with E-state index in [1.807, 2.05) is 6.07 Å². The van der Waals surface area contributed by atoms with Crippen molar-refractivity contribution >= 4 is 27.5 Å². The van der Waals surface area contributed by atoms with E-state index < -0.39 is 0 Å². The number of halogens is 2. The van der Waals surface area contributed by atoms with E-state index in [1.54, 1.807) is 18.2 Å². The molecule has 5 heteroatoms. The third kappa shape index (κ3) is 3.45. The Morgan fingerprint density at radius 1 is 1.32 bits per heavy atom. The fourth-order valence-electron chi connectivity index (χ4n) is 1.76. The topological polar surface area (TPSA) is 46.0 Å². The van der Waals surface area contributed by atoms with Crippen molar-refractivity contribution in [2.75, 3.05) is 0 Å². The van der Waals surface area contributed by atoms with E-state index in [9.17, 15) is 5.11 Å². The van der Waals surface area contributed by atoms with E-state index in [1.165, 1.54) is 0 Å². The zero-order valence-electron chi connectivity index (χ0n) is 10.7. The molecule has 100 valence electrons. The van der Waals surface area contributed by atoms with Gasteiger partial charge in [0.25, 0.3) is 0 Å². The molecule has 0 aliphatic heterocycles. The van der Waals surface area contributed by atoms with E-state index >= 15 is 0 Å².